The molecule has 2 aliphatic rings. The van der Waals surface area contributed by atoms with Crippen molar-refractivity contribution < 1.29 is 4.79 Å². The number of nitrogens with zero attached hydrogens (tertiary/aromatic N) is 4. The van der Waals surface area contributed by atoms with Crippen molar-refractivity contribution in [3.8, 4) is 0 Å². The van der Waals surface area contributed by atoms with E-state index in [1.165, 1.54) is 11.1 Å². The molecular weight excluding hydrogens is 326 g/mol. The normalized spacial score (nSPS) is 18.8. The molecule has 1 spiro atoms. The first kappa shape index (κ1) is 15.5. The lowest BCUT2D eigenvalue weighted by atomic mass is 9.78. The summed E-state index contributed by atoms with van der Waals surface area (Å²) in [5, 5.41) is 8.14. The fraction of sp³-hybridized carbons (Fsp3) is 0.350. The first-order chi connectivity index (χ1) is 12.7. The summed E-state index contributed by atoms with van der Waals surface area (Å²) in [6, 6.07) is 12.3. The van der Waals surface area contributed by atoms with Crippen LogP contribution < -0.4 is 5.32 Å². The Kier molecular flexibility index (Phi) is 3.53. The molecule has 5 rings (SSSR count). The minimum atomic E-state index is 0.00617. The molecule has 2 aromatic heterocycles. The number of aromatic nitrogens is 3. The lowest BCUT2D eigenvalue weighted by Crippen LogP contribution is -2.57. The van der Waals surface area contributed by atoms with Crippen LogP contribution in [-0.4, -0.2) is 44.0 Å². The molecule has 0 saturated carbocycles. The lowest BCUT2D eigenvalue weighted by Gasteiger charge is -2.45. The Labute approximate surface area is 151 Å². The average Bonchev–Trinajstić information content (AvgIpc) is 3.16. The molecule has 0 bridgehead atoms. The zero-order chi connectivity index (χ0) is 17.6. The van der Waals surface area contributed by atoms with E-state index in [2.05, 4.69) is 39.7 Å². The Bertz CT molecular complexity index is 971. The Morgan fingerprint density at radius 3 is 2.73 bits per heavy atom. The van der Waals surface area contributed by atoms with E-state index in [1.807, 2.05) is 11.0 Å². The molecule has 1 amide bonds. The topological polar surface area (TPSA) is 62.5 Å². The van der Waals surface area contributed by atoms with E-state index < -0.39 is 0 Å². The quantitative estimate of drug-likeness (QED) is 0.732. The van der Waals surface area contributed by atoms with Gasteiger partial charge in [0.25, 0.3) is 5.91 Å². The van der Waals surface area contributed by atoms with Gasteiger partial charge in [0.15, 0.2) is 5.65 Å². The second-order valence-electron chi connectivity index (χ2n) is 7.32. The summed E-state index contributed by atoms with van der Waals surface area (Å²) in [6.07, 6.45) is 6.44. The molecule has 0 radical (unpaired) electrons. The summed E-state index contributed by atoms with van der Waals surface area (Å²) in [5.74, 6) is 0.00617. The van der Waals surface area contributed by atoms with Crippen molar-refractivity contribution in [3.05, 3.63) is 65.6 Å². The van der Waals surface area contributed by atoms with Gasteiger partial charge in [-0.2, -0.15) is 5.10 Å². The van der Waals surface area contributed by atoms with Gasteiger partial charge in [-0.05, 0) is 42.5 Å². The summed E-state index contributed by atoms with van der Waals surface area (Å²) in [7, 11) is 0. The van der Waals surface area contributed by atoms with Crippen LogP contribution in [0, 0.1) is 0 Å². The monoisotopic (exact) mass is 347 g/mol. The van der Waals surface area contributed by atoms with E-state index in [0.717, 1.165) is 44.5 Å². The number of rotatable bonds is 1. The lowest BCUT2D eigenvalue weighted by molar-refractivity contribution is 0.0624. The molecule has 6 nitrogen and oxygen atoms in total. The van der Waals surface area contributed by atoms with Crippen LogP contribution in [0.4, 0.5) is 0 Å². The molecule has 132 valence electrons. The number of amides is 1. The Hall–Kier alpha value is -2.73. The molecule has 0 unspecified atom stereocenters. The maximum Gasteiger partial charge on any atom is 0.274 e. The van der Waals surface area contributed by atoms with E-state index >= 15 is 0 Å². The SMILES string of the molecule is O=C(c1ccc2nccn2n1)N1CCC2(CC1)Cc1ccccc1CN2. The molecule has 3 aromatic rings. The van der Waals surface area contributed by atoms with Gasteiger partial charge in [-0.1, -0.05) is 24.3 Å². The van der Waals surface area contributed by atoms with Crippen LogP contribution in [0.3, 0.4) is 0 Å². The first-order valence-electron chi connectivity index (χ1n) is 9.14. The standard InChI is InChI=1S/C20H21N5O/c26-19(17-5-6-18-21-9-12-25(18)23-17)24-10-7-20(8-11-24)13-15-3-1-2-4-16(15)14-22-20/h1-6,9,12,22H,7-8,10-11,13-14H2. The third kappa shape index (κ3) is 2.57. The van der Waals surface area contributed by atoms with E-state index in [4.69, 9.17) is 0 Å². The van der Waals surface area contributed by atoms with Crippen LogP contribution in [0.5, 0.6) is 0 Å². The number of fused-ring (bicyclic) bond motifs is 2. The van der Waals surface area contributed by atoms with Gasteiger partial charge in [-0.15, -0.1) is 0 Å². The van der Waals surface area contributed by atoms with Crippen LogP contribution in [0.25, 0.3) is 5.65 Å². The molecule has 0 atom stereocenters. The molecule has 1 fully saturated rings. The van der Waals surface area contributed by atoms with E-state index in [1.54, 1.807) is 23.0 Å². The minimum Gasteiger partial charge on any atom is -0.337 e. The van der Waals surface area contributed by atoms with Crippen molar-refractivity contribution >= 4 is 11.6 Å². The van der Waals surface area contributed by atoms with Crippen molar-refractivity contribution in [1.29, 1.82) is 0 Å². The molecule has 0 aliphatic carbocycles. The number of piperidine rings is 1. The van der Waals surface area contributed by atoms with Gasteiger partial charge < -0.3 is 10.2 Å². The second kappa shape index (κ2) is 5.92. The number of carbonyl (C=O) groups excluding carboxylic acids is 1. The number of carbonyl (C=O) groups is 1. The van der Waals surface area contributed by atoms with Crippen LogP contribution >= 0.6 is 0 Å². The van der Waals surface area contributed by atoms with Gasteiger partial charge in [0.1, 0.15) is 5.69 Å². The number of likely N-dealkylation sites (tertiary alicyclic amines) is 1. The summed E-state index contributed by atoms with van der Waals surface area (Å²) in [4.78, 5) is 18.9. The summed E-state index contributed by atoms with van der Waals surface area (Å²) in [6.45, 7) is 2.44. The number of hydrogen-bond acceptors (Lipinski definition) is 4. The van der Waals surface area contributed by atoms with Crippen LogP contribution in [-0.2, 0) is 13.0 Å². The van der Waals surface area contributed by atoms with Crippen molar-refractivity contribution in [2.24, 2.45) is 0 Å². The molecule has 26 heavy (non-hydrogen) atoms. The highest BCUT2D eigenvalue weighted by atomic mass is 16.2. The van der Waals surface area contributed by atoms with Gasteiger partial charge in [-0.25, -0.2) is 9.50 Å². The largest absolute Gasteiger partial charge is 0.337 e. The fourth-order valence-electron chi connectivity index (χ4n) is 4.19. The third-order valence-electron chi connectivity index (χ3n) is 5.78. The van der Waals surface area contributed by atoms with Crippen LogP contribution in [0.15, 0.2) is 48.8 Å². The van der Waals surface area contributed by atoms with E-state index in [9.17, 15) is 4.79 Å². The summed E-state index contributed by atoms with van der Waals surface area (Å²) < 4.78 is 1.65. The van der Waals surface area contributed by atoms with Gasteiger partial charge in [-0.3, -0.25) is 4.79 Å². The second-order valence-corrected chi connectivity index (χ2v) is 7.32. The number of nitrogens with one attached hydrogen (secondary N) is 1. The summed E-state index contributed by atoms with van der Waals surface area (Å²) >= 11 is 0. The van der Waals surface area contributed by atoms with Crippen molar-refractivity contribution in [1.82, 2.24) is 24.8 Å². The van der Waals surface area contributed by atoms with E-state index in [0.29, 0.717) is 5.69 Å². The molecular formula is C20H21N5O. The zero-order valence-electron chi connectivity index (χ0n) is 14.6. The fourth-order valence-corrected chi connectivity index (χ4v) is 4.19. The van der Waals surface area contributed by atoms with Crippen molar-refractivity contribution in [3.63, 3.8) is 0 Å². The predicted molar refractivity (Wildman–Crippen MR) is 97.8 cm³/mol. The van der Waals surface area contributed by atoms with Crippen LogP contribution in [0.1, 0.15) is 34.5 Å². The Morgan fingerprint density at radius 1 is 1.08 bits per heavy atom. The highest BCUT2D eigenvalue weighted by molar-refractivity contribution is 5.92. The molecule has 1 aromatic carbocycles. The first-order valence-corrected chi connectivity index (χ1v) is 9.14. The number of imidazole rings is 1. The average molecular weight is 347 g/mol. The highest BCUT2D eigenvalue weighted by Gasteiger charge is 2.38. The Morgan fingerprint density at radius 2 is 1.88 bits per heavy atom. The molecule has 4 heterocycles. The smallest absolute Gasteiger partial charge is 0.274 e. The molecule has 6 heteroatoms. The maximum absolute atomic E-state index is 12.8. The van der Waals surface area contributed by atoms with Crippen molar-refractivity contribution in [2.75, 3.05) is 13.1 Å². The van der Waals surface area contributed by atoms with Gasteiger partial charge in [0, 0.05) is 37.6 Å². The van der Waals surface area contributed by atoms with Gasteiger partial charge in [0.05, 0.1) is 0 Å². The highest BCUT2D eigenvalue weighted by Crippen LogP contribution is 2.32. The number of benzene rings is 1. The van der Waals surface area contributed by atoms with Gasteiger partial charge >= 0.3 is 0 Å². The number of hydrogen-bond donors (Lipinski definition) is 1. The molecule has 1 saturated heterocycles. The maximum atomic E-state index is 12.8. The minimum absolute atomic E-state index is 0.00617. The predicted octanol–water partition coefficient (Wildman–Crippen LogP) is 2.05. The Balaban J connectivity index is 1.30. The van der Waals surface area contributed by atoms with Crippen molar-refractivity contribution in [2.45, 2.75) is 31.3 Å². The molecule has 2 aliphatic heterocycles. The van der Waals surface area contributed by atoms with E-state index in [-0.39, 0.29) is 11.4 Å². The van der Waals surface area contributed by atoms with Gasteiger partial charge in [0.2, 0.25) is 0 Å². The molecule has 1 N–H and O–H groups in total. The third-order valence-corrected chi connectivity index (χ3v) is 5.78. The summed E-state index contributed by atoms with van der Waals surface area (Å²) in [5.41, 5.74) is 4.19. The van der Waals surface area contributed by atoms with Crippen LogP contribution in [0.2, 0.25) is 0 Å². The zero-order valence-corrected chi connectivity index (χ0v) is 14.6.